The normalized spacial score (nSPS) is 49.5. The van der Waals surface area contributed by atoms with Gasteiger partial charge in [-0.1, -0.05) is 52.4 Å². The predicted octanol–water partition coefficient (Wildman–Crippen LogP) is 5.92. The largest absolute Gasteiger partial charge is 0.390 e. The maximum Gasteiger partial charge on any atom is 0.159 e. The number of hydrogen-bond donors (Lipinski definition) is 7. The summed E-state index contributed by atoms with van der Waals surface area (Å²) in [6.07, 6.45) is 17.5. The van der Waals surface area contributed by atoms with Crippen LogP contribution in [0.3, 0.4) is 0 Å². The number of ether oxygens (including phenoxy) is 1. The summed E-state index contributed by atoms with van der Waals surface area (Å²) in [6.45, 7) is 7.18. The van der Waals surface area contributed by atoms with Crippen LogP contribution in [0.15, 0.2) is 11.6 Å². The monoisotopic (exact) mass is 769 g/mol. The highest BCUT2D eigenvalue weighted by Crippen LogP contribution is 2.73. The lowest BCUT2D eigenvalue weighted by Gasteiger charge is -2.64. The second-order valence-electron chi connectivity index (χ2n) is 20.9. The van der Waals surface area contributed by atoms with Gasteiger partial charge in [0.15, 0.2) is 5.78 Å². The van der Waals surface area contributed by atoms with Gasteiger partial charge in [-0.15, -0.1) is 0 Å². The molecule has 17 atom stereocenters. The van der Waals surface area contributed by atoms with E-state index in [1.54, 1.807) is 6.08 Å². The average Bonchev–Trinajstić information content (AvgIpc) is 3.59. The first-order valence-electron chi connectivity index (χ1n) is 23.2. The Morgan fingerprint density at radius 1 is 0.945 bits per heavy atom. The van der Waals surface area contributed by atoms with Crippen molar-refractivity contribution in [1.82, 2.24) is 5.32 Å². The highest BCUT2D eigenvalue weighted by molar-refractivity contribution is 5.95. The summed E-state index contributed by atoms with van der Waals surface area (Å²) in [4.78, 5) is 14.5. The molecule has 55 heavy (non-hydrogen) atoms. The Morgan fingerprint density at radius 2 is 1.69 bits per heavy atom. The Labute approximate surface area is 331 Å². The molecule has 0 radical (unpaired) electrons. The lowest BCUT2D eigenvalue weighted by Crippen LogP contribution is -2.67. The van der Waals surface area contributed by atoms with Gasteiger partial charge in [-0.3, -0.25) is 4.79 Å². The summed E-state index contributed by atoms with van der Waals surface area (Å²) in [5, 5.41) is 65.0. The lowest BCUT2D eigenvalue weighted by atomic mass is 9.41. The molecule has 2 aliphatic heterocycles. The highest BCUT2D eigenvalue weighted by Gasteiger charge is 2.73. The minimum Gasteiger partial charge on any atom is -0.390 e. The number of allylic oxidation sites excluding steroid dienone is 1. The molecule has 2 heterocycles. The summed E-state index contributed by atoms with van der Waals surface area (Å²) in [5.41, 5.74) is 2.97. The van der Waals surface area contributed by atoms with E-state index >= 15 is 0 Å². The molecule has 8 aliphatic rings. The van der Waals surface area contributed by atoms with Gasteiger partial charge in [-0.25, -0.2) is 0 Å². The number of piperidine rings is 1. The first-order chi connectivity index (χ1) is 26.3. The van der Waals surface area contributed by atoms with Crippen molar-refractivity contribution < 1.29 is 35.1 Å². The molecule has 312 valence electrons. The quantitative estimate of drug-likeness (QED) is 0.151. The maximum absolute atomic E-state index is 14.5. The zero-order valence-electron chi connectivity index (χ0n) is 34.3. The van der Waals surface area contributed by atoms with Gasteiger partial charge in [0.05, 0.1) is 41.8 Å². The number of aliphatic hydroxyl groups excluding tert-OH is 3. The summed E-state index contributed by atoms with van der Waals surface area (Å²) < 4.78 is 6.82. The number of hydrogen-bond acceptors (Lipinski definition) is 9. The SMILES string of the molecule is CCC[C@H]1CC[C@@H]2[C@H](C)[C@H]([C@@H](O)[C@](C)(O)[C@@H]3CC[C@]4(O)C5=CC(=O)[C@H]6C[C@@H](O)[C@@H](O)C[C@]6(CCC6CCC(N)NC6)[C@@H]5CC[C@]34C3CCCCC3)O[C@@H]2CC1. The molecule has 2 saturated heterocycles. The molecule has 7 fully saturated rings. The lowest BCUT2D eigenvalue weighted by molar-refractivity contribution is -0.219. The van der Waals surface area contributed by atoms with Gasteiger partial charge >= 0.3 is 0 Å². The van der Waals surface area contributed by atoms with Crippen molar-refractivity contribution in [3.05, 3.63) is 11.6 Å². The van der Waals surface area contributed by atoms with Gasteiger partial charge in [-0.05, 0) is 168 Å². The smallest absolute Gasteiger partial charge is 0.159 e. The highest BCUT2D eigenvalue weighted by atomic mass is 16.5. The molecule has 0 aromatic heterocycles. The predicted molar refractivity (Wildman–Crippen MR) is 212 cm³/mol. The van der Waals surface area contributed by atoms with Crippen LogP contribution in [-0.4, -0.2) is 85.7 Å². The van der Waals surface area contributed by atoms with Crippen molar-refractivity contribution in [1.29, 1.82) is 0 Å². The Bertz CT molecular complexity index is 1410. The second kappa shape index (κ2) is 15.6. The Morgan fingerprint density at radius 3 is 2.42 bits per heavy atom. The van der Waals surface area contributed by atoms with E-state index in [2.05, 4.69) is 19.2 Å². The summed E-state index contributed by atoms with van der Waals surface area (Å²) >= 11 is 0. The fraction of sp³-hybridized carbons (Fsp3) is 0.935. The summed E-state index contributed by atoms with van der Waals surface area (Å²) in [6, 6.07) is 0. The van der Waals surface area contributed by atoms with E-state index in [-0.39, 0.29) is 48.1 Å². The van der Waals surface area contributed by atoms with E-state index in [1.807, 2.05) is 6.92 Å². The van der Waals surface area contributed by atoms with Crippen molar-refractivity contribution in [3.63, 3.8) is 0 Å². The number of rotatable bonds is 9. The third-order valence-corrected chi connectivity index (χ3v) is 18.4. The van der Waals surface area contributed by atoms with Crippen LogP contribution in [0.5, 0.6) is 0 Å². The first-order valence-corrected chi connectivity index (χ1v) is 23.2. The molecule has 0 bridgehead atoms. The van der Waals surface area contributed by atoms with Gasteiger partial charge in [0.2, 0.25) is 0 Å². The fourth-order valence-electron chi connectivity index (χ4n) is 15.6. The average molecular weight is 769 g/mol. The van der Waals surface area contributed by atoms with Crippen LogP contribution in [0.4, 0.5) is 0 Å². The van der Waals surface area contributed by atoms with Crippen molar-refractivity contribution in [2.24, 2.45) is 63.9 Å². The summed E-state index contributed by atoms with van der Waals surface area (Å²) in [7, 11) is 0. The third-order valence-electron chi connectivity index (χ3n) is 18.4. The number of fused-ring (bicyclic) bond motifs is 6. The third kappa shape index (κ3) is 6.67. The van der Waals surface area contributed by atoms with Crippen molar-refractivity contribution in [2.75, 3.05) is 6.54 Å². The molecule has 8 N–H and O–H groups in total. The van der Waals surface area contributed by atoms with Gasteiger partial charge in [-0.2, -0.15) is 0 Å². The van der Waals surface area contributed by atoms with Crippen LogP contribution in [0.25, 0.3) is 0 Å². The van der Waals surface area contributed by atoms with E-state index in [9.17, 15) is 30.3 Å². The Balaban J connectivity index is 1.12. The van der Waals surface area contributed by atoms with Gasteiger partial charge < -0.3 is 41.3 Å². The van der Waals surface area contributed by atoms with Gasteiger partial charge in [0.25, 0.3) is 0 Å². The molecule has 0 aromatic carbocycles. The second-order valence-corrected chi connectivity index (χ2v) is 20.9. The van der Waals surface area contributed by atoms with E-state index in [4.69, 9.17) is 10.5 Å². The van der Waals surface area contributed by atoms with Crippen molar-refractivity contribution >= 4 is 5.78 Å². The Kier molecular flexibility index (Phi) is 11.6. The molecule has 9 heteroatoms. The molecule has 2 unspecified atom stereocenters. The summed E-state index contributed by atoms with van der Waals surface area (Å²) in [5.74, 6) is 1.00. The molecule has 5 saturated carbocycles. The number of ketones is 1. The molecule has 8 rings (SSSR count). The minimum absolute atomic E-state index is 0.0154. The van der Waals surface area contributed by atoms with E-state index < -0.39 is 52.4 Å². The van der Waals surface area contributed by atoms with Crippen LogP contribution >= 0.6 is 0 Å². The van der Waals surface area contributed by atoms with Gasteiger partial charge in [0, 0.05) is 11.3 Å². The molecule has 0 amide bonds. The van der Waals surface area contributed by atoms with E-state index in [0.717, 1.165) is 95.1 Å². The minimum atomic E-state index is -1.50. The van der Waals surface area contributed by atoms with Crippen LogP contribution in [0.2, 0.25) is 0 Å². The number of nitrogens with one attached hydrogen (secondary N) is 1. The standard InChI is InChI=1S/C46H76N2O7/c1-4-8-28-11-14-31-27(2)41(55-38(31)15-12-28)42(52)43(3,53)39-19-22-46(54)33-23-35(49)34-24-36(50)37(51)25-44(34,20-17-29-13-16-40(47)48-26-29)32(33)18-21-45(39,46)30-9-6-5-7-10-30/h23,27-32,34,36-42,48,50-54H,4-22,24-26,47H2,1-3H3/t27-,28-,29?,31+,32+,34+,36+,37-,38+,39-,40?,41+,42+,43+,44+,45-,46-/m0/s1. The maximum atomic E-state index is 14.5. The van der Waals surface area contributed by atoms with Crippen LogP contribution < -0.4 is 11.1 Å². The van der Waals surface area contributed by atoms with Crippen LogP contribution in [-0.2, 0) is 9.53 Å². The zero-order valence-corrected chi connectivity index (χ0v) is 34.3. The van der Waals surface area contributed by atoms with Crippen molar-refractivity contribution in [2.45, 2.75) is 203 Å². The van der Waals surface area contributed by atoms with E-state index in [1.165, 1.54) is 32.1 Å². The topological polar surface area (TPSA) is 166 Å². The van der Waals surface area contributed by atoms with Gasteiger partial charge in [0.1, 0.15) is 6.10 Å². The van der Waals surface area contributed by atoms with Crippen LogP contribution in [0, 0.1) is 58.2 Å². The van der Waals surface area contributed by atoms with Crippen molar-refractivity contribution in [3.8, 4) is 0 Å². The Hall–Kier alpha value is -0.910. The first kappa shape index (κ1) is 40.9. The van der Waals surface area contributed by atoms with Crippen LogP contribution in [0.1, 0.15) is 156 Å². The molecular formula is C46H76N2O7. The zero-order chi connectivity index (χ0) is 38.9. The van der Waals surface area contributed by atoms with E-state index in [0.29, 0.717) is 31.1 Å². The molecule has 0 spiro atoms. The molecule has 9 nitrogen and oxygen atoms in total. The molecule has 0 aromatic rings. The number of aliphatic hydroxyl groups is 5. The number of nitrogens with two attached hydrogens (primary N) is 1. The number of carbonyl (C=O) groups is 1. The molecule has 6 aliphatic carbocycles. The molecular weight excluding hydrogens is 693 g/mol. The fourth-order valence-corrected chi connectivity index (χ4v) is 15.6. The number of carbonyl (C=O) groups excluding carboxylic acids is 1.